The van der Waals surface area contributed by atoms with E-state index in [0.29, 0.717) is 12.3 Å². The third-order valence-electron chi connectivity index (χ3n) is 2.22. The summed E-state index contributed by atoms with van der Waals surface area (Å²) in [6, 6.07) is 4.34. The molecule has 0 spiro atoms. The number of hydrogen-bond acceptors (Lipinski definition) is 4. The number of carboxylic acid groups (broad SMARTS) is 1. The van der Waals surface area contributed by atoms with Crippen LogP contribution in [0.15, 0.2) is 30.9 Å². The van der Waals surface area contributed by atoms with Gasteiger partial charge in [0.15, 0.2) is 6.61 Å². The summed E-state index contributed by atoms with van der Waals surface area (Å²) >= 11 is 0. The number of ether oxygens (including phenoxy) is 2. The van der Waals surface area contributed by atoms with Crippen molar-refractivity contribution < 1.29 is 24.2 Å². The van der Waals surface area contributed by atoms with E-state index in [4.69, 9.17) is 14.6 Å². The van der Waals surface area contributed by atoms with Crippen LogP contribution in [0.25, 0.3) is 0 Å². The molecule has 1 aromatic carbocycles. The first-order valence-corrected chi connectivity index (χ1v) is 5.50. The summed E-state index contributed by atoms with van der Waals surface area (Å²) in [6.07, 6.45) is 1.54. The third kappa shape index (κ3) is 4.34. The predicted octanol–water partition coefficient (Wildman–Crippen LogP) is 1.07. The van der Waals surface area contributed by atoms with Gasteiger partial charge in [0.1, 0.15) is 17.1 Å². The van der Waals surface area contributed by atoms with E-state index in [1.807, 2.05) is 0 Å². The van der Waals surface area contributed by atoms with Crippen molar-refractivity contribution >= 4 is 11.9 Å². The molecule has 1 amide bonds. The molecular weight excluding hydrogens is 250 g/mol. The van der Waals surface area contributed by atoms with Gasteiger partial charge in [-0.05, 0) is 18.2 Å². The van der Waals surface area contributed by atoms with Crippen LogP contribution in [0.3, 0.4) is 0 Å². The van der Waals surface area contributed by atoms with Crippen molar-refractivity contribution in [2.45, 2.75) is 0 Å². The highest BCUT2D eigenvalue weighted by molar-refractivity contribution is 5.91. The Morgan fingerprint density at radius 2 is 2.21 bits per heavy atom. The van der Waals surface area contributed by atoms with Crippen LogP contribution in [0.5, 0.6) is 11.5 Å². The lowest BCUT2D eigenvalue weighted by atomic mass is 10.2. The van der Waals surface area contributed by atoms with E-state index in [-0.39, 0.29) is 23.8 Å². The first-order chi connectivity index (χ1) is 9.08. The largest absolute Gasteiger partial charge is 0.497 e. The second-order valence-electron chi connectivity index (χ2n) is 3.55. The number of carbonyl (C=O) groups excluding carboxylic acids is 1. The molecule has 6 heteroatoms. The van der Waals surface area contributed by atoms with Gasteiger partial charge in [0.2, 0.25) is 0 Å². The number of methoxy groups -OCH3 is 1. The number of rotatable bonds is 7. The highest BCUT2D eigenvalue weighted by Crippen LogP contribution is 2.24. The van der Waals surface area contributed by atoms with Gasteiger partial charge in [-0.1, -0.05) is 6.08 Å². The number of hydrogen-bond donors (Lipinski definition) is 2. The molecular formula is C13H15NO5. The zero-order valence-electron chi connectivity index (χ0n) is 10.5. The summed E-state index contributed by atoms with van der Waals surface area (Å²) in [4.78, 5) is 22.4. The molecule has 0 radical (unpaired) electrons. The van der Waals surface area contributed by atoms with E-state index in [1.54, 1.807) is 6.07 Å². The summed E-state index contributed by atoms with van der Waals surface area (Å²) in [5, 5.41) is 11.6. The molecule has 102 valence electrons. The van der Waals surface area contributed by atoms with Gasteiger partial charge in [0.25, 0.3) is 5.91 Å². The Morgan fingerprint density at radius 1 is 1.47 bits per heavy atom. The Balaban J connectivity index is 2.74. The maximum absolute atomic E-state index is 11.3. The molecule has 0 aliphatic carbocycles. The summed E-state index contributed by atoms with van der Waals surface area (Å²) in [5.41, 5.74) is -0.0594. The Kier molecular flexibility index (Phi) is 5.40. The van der Waals surface area contributed by atoms with Gasteiger partial charge < -0.3 is 19.9 Å². The van der Waals surface area contributed by atoms with Crippen molar-refractivity contribution in [3.63, 3.8) is 0 Å². The third-order valence-corrected chi connectivity index (χ3v) is 2.22. The van der Waals surface area contributed by atoms with Gasteiger partial charge in [-0.15, -0.1) is 6.58 Å². The lowest BCUT2D eigenvalue weighted by molar-refractivity contribution is -0.122. The fourth-order valence-electron chi connectivity index (χ4n) is 1.31. The van der Waals surface area contributed by atoms with Crippen molar-refractivity contribution in [3.05, 3.63) is 36.4 Å². The monoisotopic (exact) mass is 265 g/mol. The zero-order chi connectivity index (χ0) is 14.3. The molecule has 1 rings (SSSR count). The summed E-state index contributed by atoms with van der Waals surface area (Å²) in [7, 11) is 1.43. The van der Waals surface area contributed by atoms with Crippen molar-refractivity contribution in [1.82, 2.24) is 5.32 Å². The van der Waals surface area contributed by atoms with E-state index >= 15 is 0 Å². The van der Waals surface area contributed by atoms with Crippen LogP contribution in [0.2, 0.25) is 0 Å². The van der Waals surface area contributed by atoms with Gasteiger partial charge in [-0.25, -0.2) is 4.79 Å². The summed E-state index contributed by atoms with van der Waals surface area (Å²) < 4.78 is 10.1. The second-order valence-corrected chi connectivity index (χ2v) is 3.55. The molecule has 19 heavy (non-hydrogen) atoms. The van der Waals surface area contributed by atoms with E-state index in [9.17, 15) is 9.59 Å². The minimum absolute atomic E-state index is 0.0594. The van der Waals surface area contributed by atoms with Gasteiger partial charge in [-0.2, -0.15) is 0 Å². The van der Waals surface area contributed by atoms with Crippen LogP contribution in [0, 0.1) is 0 Å². The second kappa shape index (κ2) is 7.05. The van der Waals surface area contributed by atoms with Crippen LogP contribution in [-0.2, 0) is 4.79 Å². The maximum Gasteiger partial charge on any atom is 0.339 e. The normalized spacial score (nSPS) is 9.53. The molecule has 0 aliphatic rings. The molecule has 0 saturated heterocycles. The molecule has 0 saturated carbocycles. The Labute approximate surface area is 110 Å². The Bertz CT molecular complexity index is 484. The van der Waals surface area contributed by atoms with Crippen LogP contribution in [0.1, 0.15) is 10.4 Å². The minimum atomic E-state index is -1.15. The summed E-state index contributed by atoms with van der Waals surface area (Å²) in [5.74, 6) is -0.990. The molecule has 1 aromatic rings. The highest BCUT2D eigenvalue weighted by atomic mass is 16.5. The molecule has 6 nitrogen and oxygen atoms in total. The van der Waals surface area contributed by atoms with E-state index < -0.39 is 5.97 Å². The molecule has 0 fully saturated rings. The lowest BCUT2D eigenvalue weighted by Crippen LogP contribution is -2.29. The number of benzene rings is 1. The van der Waals surface area contributed by atoms with E-state index in [2.05, 4.69) is 11.9 Å². The van der Waals surface area contributed by atoms with Crippen molar-refractivity contribution in [3.8, 4) is 11.5 Å². The summed E-state index contributed by atoms with van der Waals surface area (Å²) in [6.45, 7) is 3.53. The van der Waals surface area contributed by atoms with Crippen LogP contribution < -0.4 is 14.8 Å². The standard InChI is InChI=1S/C13H15NO5/c1-3-6-14-12(15)8-19-11-5-4-9(18-2)7-10(11)13(16)17/h3-5,7H,1,6,8H2,2H3,(H,14,15)(H,16,17). The smallest absolute Gasteiger partial charge is 0.339 e. The molecule has 0 aromatic heterocycles. The molecule has 0 heterocycles. The van der Waals surface area contributed by atoms with Gasteiger partial charge >= 0.3 is 5.97 Å². The van der Waals surface area contributed by atoms with Crippen LogP contribution >= 0.6 is 0 Å². The quantitative estimate of drug-likeness (QED) is 0.720. The van der Waals surface area contributed by atoms with Gasteiger partial charge in [0.05, 0.1) is 7.11 Å². The fourth-order valence-corrected chi connectivity index (χ4v) is 1.31. The van der Waals surface area contributed by atoms with Crippen LogP contribution in [-0.4, -0.2) is 37.2 Å². The first kappa shape index (κ1) is 14.6. The highest BCUT2D eigenvalue weighted by Gasteiger charge is 2.13. The minimum Gasteiger partial charge on any atom is -0.497 e. The molecule has 2 N–H and O–H groups in total. The maximum atomic E-state index is 11.3. The number of aromatic carboxylic acids is 1. The zero-order valence-corrected chi connectivity index (χ0v) is 10.5. The fraction of sp³-hybridized carbons (Fsp3) is 0.231. The molecule has 0 aliphatic heterocycles. The van der Waals surface area contributed by atoms with Crippen molar-refractivity contribution in [2.75, 3.05) is 20.3 Å². The lowest BCUT2D eigenvalue weighted by Gasteiger charge is -2.10. The molecule has 0 atom stereocenters. The van der Waals surface area contributed by atoms with Crippen LogP contribution in [0.4, 0.5) is 0 Å². The predicted molar refractivity (Wildman–Crippen MR) is 68.7 cm³/mol. The average molecular weight is 265 g/mol. The SMILES string of the molecule is C=CCNC(=O)COc1ccc(OC)cc1C(=O)O. The van der Waals surface area contributed by atoms with Crippen molar-refractivity contribution in [1.29, 1.82) is 0 Å². The molecule has 0 unspecified atom stereocenters. The van der Waals surface area contributed by atoms with Crippen molar-refractivity contribution in [2.24, 2.45) is 0 Å². The van der Waals surface area contributed by atoms with E-state index in [0.717, 1.165) is 0 Å². The Hall–Kier alpha value is -2.50. The van der Waals surface area contributed by atoms with Gasteiger partial charge in [0, 0.05) is 6.54 Å². The first-order valence-electron chi connectivity index (χ1n) is 5.50. The van der Waals surface area contributed by atoms with Gasteiger partial charge in [-0.3, -0.25) is 4.79 Å². The van der Waals surface area contributed by atoms with E-state index in [1.165, 1.54) is 25.3 Å². The number of carboxylic acids is 1. The number of amides is 1. The Morgan fingerprint density at radius 3 is 2.79 bits per heavy atom. The average Bonchev–Trinajstić information content (AvgIpc) is 2.42. The topological polar surface area (TPSA) is 84.9 Å². The number of carbonyl (C=O) groups is 2. The number of nitrogens with one attached hydrogen (secondary N) is 1. The molecule has 0 bridgehead atoms.